The molecule has 0 saturated heterocycles. The van der Waals surface area contributed by atoms with Crippen molar-refractivity contribution in [1.82, 2.24) is 10.2 Å². The van der Waals surface area contributed by atoms with Crippen molar-refractivity contribution in [2.24, 2.45) is 0 Å². The first-order valence-electron chi connectivity index (χ1n) is 7.70. The summed E-state index contributed by atoms with van der Waals surface area (Å²) in [4.78, 5) is 12.1. The van der Waals surface area contributed by atoms with Gasteiger partial charge in [-0.15, -0.1) is 5.10 Å². The predicted octanol–water partition coefficient (Wildman–Crippen LogP) is 3.61. The molecule has 0 aliphatic heterocycles. The Morgan fingerprint density at radius 2 is 1.65 bits per heavy atom. The molecule has 0 saturated carbocycles. The lowest BCUT2D eigenvalue weighted by atomic mass is 10.2. The Morgan fingerprint density at radius 1 is 0.962 bits per heavy atom. The molecular weight excluding hydrogens is 340 g/mol. The van der Waals surface area contributed by atoms with Gasteiger partial charge >= 0.3 is 12.0 Å². The molecule has 2 aromatic heterocycles. The molecule has 2 amide bonds. The van der Waals surface area contributed by atoms with E-state index in [4.69, 9.17) is 18.3 Å². The molecular formula is C17H18N4O5. The van der Waals surface area contributed by atoms with Crippen LogP contribution in [0.3, 0.4) is 0 Å². The third kappa shape index (κ3) is 3.77. The Bertz CT molecular complexity index is 909. The maximum atomic E-state index is 12.1. The van der Waals surface area contributed by atoms with Gasteiger partial charge in [0.05, 0.1) is 19.8 Å². The van der Waals surface area contributed by atoms with Crippen LogP contribution in [0.5, 0.6) is 11.5 Å². The van der Waals surface area contributed by atoms with Crippen molar-refractivity contribution in [1.29, 1.82) is 0 Å². The summed E-state index contributed by atoms with van der Waals surface area (Å²) in [6.45, 7) is 3.62. The Morgan fingerprint density at radius 3 is 2.23 bits per heavy atom. The Kier molecular flexibility index (Phi) is 4.78. The van der Waals surface area contributed by atoms with E-state index in [-0.39, 0.29) is 11.9 Å². The number of anilines is 2. The molecule has 9 heteroatoms. The summed E-state index contributed by atoms with van der Waals surface area (Å²) in [5.74, 6) is 2.74. The second kappa shape index (κ2) is 7.18. The average molecular weight is 358 g/mol. The molecule has 3 rings (SSSR count). The highest BCUT2D eigenvalue weighted by atomic mass is 16.5. The van der Waals surface area contributed by atoms with Gasteiger partial charge in [0, 0.05) is 23.9 Å². The lowest BCUT2D eigenvalue weighted by molar-refractivity contribution is 0.261. The molecule has 2 heterocycles. The van der Waals surface area contributed by atoms with Crippen LogP contribution in [0.4, 0.5) is 16.5 Å². The van der Waals surface area contributed by atoms with Gasteiger partial charge in [0.15, 0.2) is 0 Å². The second-order valence-corrected chi connectivity index (χ2v) is 5.42. The molecule has 0 bridgehead atoms. The fourth-order valence-electron chi connectivity index (χ4n) is 2.36. The van der Waals surface area contributed by atoms with Crippen molar-refractivity contribution < 1.29 is 23.1 Å². The largest absolute Gasteiger partial charge is 0.497 e. The Balaban J connectivity index is 1.70. The number of ether oxygens (including phenoxy) is 2. The van der Waals surface area contributed by atoms with Crippen LogP contribution in [0.25, 0.3) is 11.5 Å². The first-order chi connectivity index (χ1) is 12.5. The second-order valence-electron chi connectivity index (χ2n) is 5.42. The molecule has 1 aromatic carbocycles. The van der Waals surface area contributed by atoms with Crippen LogP contribution in [0.2, 0.25) is 0 Å². The van der Waals surface area contributed by atoms with E-state index in [0.29, 0.717) is 28.5 Å². The molecule has 0 fully saturated rings. The average Bonchev–Trinajstić information content (AvgIpc) is 3.19. The normalized spacial score (nSPS) is 10.5. The summed E-state index contributed by atoms with van der Waals surface area (Å²) in [6, 6.07) is 6.21. The van der Waals surface area contributed by atoms with E-state index >= 15 is 0 Å². The zero-order valence-electron chi connectivity index (χ0n) is 14.7. The van der Waals surface area contributed by atoms with Crippen LogP contribution in [-0.4, -0.2) is 30.4 Å². The molecule has 0 aliphatic carbocycles. The molecule has 0 atom stereocenters. The van der Waals surface area contributed by atoms with Crippen molar-refractivity contribution in [2.75, 3.05) is 24.9 Å². The van der Waals surface area contributed by atoms with Gasteiger partial charge in [-0.3, -0.25) is 5.32 Å². The SMILES string of the molecule is COc1cc(NC(=O)Nc2nnc(-c3cc(C)oc3C)o2)cc(OC)c1. The minimum atomic E-state index is -0.546. The van der Waals surface area contributed by atoms with E-state index in [0.717, 1.165) is 5.76 Å². The third-order valence-corrected chi connectivity index (χ3v) is 3.53. The Hall–Kier alpha value is -3.49. The van der Waals surface area contributed by atoms with E-state index in [9.17, 15) is 4.79 Å². The lowest BCUT2D eigenvalue weighted by Crippen LogP contribution is -2.19. The van der Waals surface area contributed by atoms with Crippen LogP contribution in [0.1, 0.15) is 11.5 Å². The van der Waals surface area contributed by atoms with Crippen molar-refractivity contribution in [3.8, 4) is 23.0 Å². The summed E-state index contributed by atoms with van der Waals surface area (Å²) in [7, 11) is 3.05. The molecule has 0 aliphatic rings. The van der Waals surface area contributed by atoms with Gasteiger partial charge in [0.1, 0.15) is 23.0 Å². The maximum absolute atomic E-state index is 12.1. The maximum Gasteiger partial charge on any atom is 0.327 e. The molecule has 0 spiro atoms. The minimum absolute atomic E-state index is 0.0365. The Labute approximate surface area is 149 Å². The molecule has 26 heavy (non-hydrogen) atoms. The lowest BCUT2D eigenvalue weighted by Gasteiger charge is -2.09. The quantitative estimate of drug-likeness (QED) is 0.716. The third-order valence-electron chi connectivity index (χ3n) is 3.53. The number of carbonyl (C=O) groups is 1. The number of amides is 2. The highest BCUT2D eigenvalue weighted by Gasteiger charge is 2.16. The van der Waals surface area contributed by atoms with Crippen LogP contribution in [0.15, 0.2) is 33.1 Å². The van der Waals surface area contributed by atoms with Gasteiger partial charge in [0.2, 0.25) is 0 Å². The van der Waals surface area contributed by atoms with E-state index in [1.165, 1.54) is 14.2 Å². The minimum Gasteiger partial charge on any atom is -0.497 e. The number of hydrogen-bond donors (Lipinski definition) is 2. The zero-order chi connectivity index (χ0) is 18.7. The summed E-state index contributed by atoms with van der Waals surface area (Å²) in [6.07, 6.45) is 0. The van der Waals surface area contributed by atoms with Gasteiger partial charge in [-0.05, 0) is 19.9 Å². The van der Waals surface area contributed by atoms with Gasteiger partial charge < -0.3 is 23.6 Å². The van der Waals surface area contributed by atoms with Crippen molar-refractivity contribution in [3.63, 3.8) is 0 Å². The van der Waals surface area contributed by atoms with E-state index in [1.54, 1.807) is 31.2 Å². The first-order valence-corrected chi connectivity index (χ1v) is 7.70. The van der Waals surface area contributed by atoms with Gasteiger partial charge in [-0.1, -0.05) is 5.10 Å². The zero-order valence-corrected chi connectivity index (χ0v) is 14.7. The number of nitrogens with one attached hydrogen (secondary N) is 2. The van der Waals surface area contributed by atoms with Crippen LogP contribution >= 0.6 is 0 Å². The number of urea groups is 1. The molecule has 0 radical (unpaired) electrons. The number of aryl methyl sites for hydroxylation is 2. The van der Waals surface area contributed by atoms with Crippen molar-refractivity contribution in [2.45, 2.75) is 13.8 Å². The number of furan rings is 1. The number of nitrogens with zero attached hydrogens (tertiary/aromatic N) is 2. The molecule has 2 N–H and O–H groups in total. The van der Waals surface area contributed by atoms with Gasteiger partial charge in [-0.2, -0.15) is 0 Å². The predicted molar refractivity (Wildman–Crippen MR) is 93.7 cm³/mol. The first kappa shape index (κ1) is 17.3. The van der Waals surface area contributed by atoms with E-state index in [1.807, 2.05) is 6.92 Å². The highest BCUT2D eigenvalue weighted by Crippen LogP contribution is 2.27. The number of benzene rings is 1. The smallest absolute Gasteiger partial charge is 0.327 e. The standard InChI is InChI=1S/C17H18N4O5/c1-9-5-14(10(2)25-9)15-20-21-17(26-15)19-16(22)18-11-6-12(23-3)8-13(7-11)24-4/h5-8H,1-4H3,(H2,18,19,21,22). The molecule has 3 aromatic rings. The monoisotopic (exact) mass is 358 g/mol. The number of methoxy groups -OCH3 is 2. The van der Waals surface area contributed by atoms with Crippen LogP contribution in [0, 0.1) is 13.8 Å². The van der Waals surface area contributed by atoms with E-state index in [2.05, 4.69) is 20.8 Å². The van der Waals surface area contributed by atoms with Crippen LogP contribution in [-0.2, 0) is 0 Å². The van der Waals surface area contributed by atoms with Crippen molar-refractivity contribution in [3.05, 3.63) is 35.8 Å². The van der Waals surface area contributed by atoms with E-state index < -0.39 is 6.03 Å². The topological polar surface area (TPSA) is 112 Å². The van der Waals surface area contributed by atoms with Gasteiger partial charge in [-0.25, -0.2) is 4.79 Å². The van der Waals surface area contributed by atoms with Crippen LogP contribution < -0.4 is 20.1 Å². The number of aromatic nitrogens is 2. The summed E-state index contributed by atoms with van der Waals surface area (Å²) in [5.41, 5.74) is 1.17. The summed E-state index contributed by atoms with van der Waals surface area (Å²) in [5, 5.41) is 12.9. The summed E-state index contributed by atoms with van der Waals surface area (Å²) >= 11 is 0. The number of carbonyl (C=O) groups excluding carboxylic acids is 1. The highest BCUT2D eigenvalue weighted by molar-refractivity contribution is 5.98. The van der Waals surface area contributed by atoms with Gasteiger partial charge in [0.25, 0.3) is 5.89 Å². The number of rotatable bonds is 5. The fourth-order valence-corrected chi connectivity index (χ4v) is 2.36. The molecule has 0 unspecified atom stereocenters. The molecule has 9 nitrogen and oxygen atoms in total. The molecule has 136 valence electrons. The summed E-state index contributed by atoms with van der Waals surface area (Å²) < 4.78 is 21.2. The fraction of sp³-hybridized carbons (Fsp3) is 0.235. The number of hydrogen-bond acceptors (Lipinski definition) is 7. The van der Waals surface area contributed by atoms with Crippen molar-refractivity contribution >= 4 is 17.7 Å².